The summed E-state index contributed by atoms with van der Waals surface area (Å²) in [6.07, 6.45) is 0. The third kappa shape index (κ3) is 6.20. The number of para-hydroxylation sites is 4. The molecule has 0 saturated carbocycles. The summed E-state index contributed by atoms with van der Waals surface area (Å²) in [6.45, 7) is 0. The van der Waals surface area contributed by atoms with E-state index < -0.39 is 11.3 Å². The second kappa shape index (κ2) is 15.0. The van der Waals surface area contributed by atoms with Crippen molar-refractivity contribution in [1.82, 2.24) is 9.97 Å². The molecule has 0 atom stereocenters. The summed E-state index contributed by atoms with van der Waals surface area (Å²) in [5.74, 6) is 2.10. The Labute approximate surface area is 402 Å². The fraction of sp³-hybridized carbons (Fsp3) is 0. The molecule has 0 amide bonds. The van der Waals surface area contributed by atoms with E-state index in [0.29, 0.717) is 45.2 Å². The molecular formula is C60H30N2O8S. The zero-order chi connectivity index (χ0) is 46.9. The van der Waals surface area contributed by atoms with Gasteiger partial charge < -0.3 is 27.1 Å². The van der Waals surface area contributed by atoms with E-state index in [4.69, 9.17) is 37.1 Å². The molecule has 0 bridgehead atoms. The van der Waals surface area contributed by atoms with Crippen LogP contribution >= 0.6 is 11.3 Å². The highest BCUT2D eigenvalue weighted by Gasteiger charge is 2.26. The summed E-state index contributed by atoms with van der Waals surface area (Å²) in [5, 5.41) is 9.00. The van der Waals surface area contributed by atoms with E-state index in [-0.39, 0.29) is 0 Å². The molecule has 334 valence electrons. The van der Waals surface area contributed by atoms with Crippen LogP contribution in [0.1, 0.15) is 0 Å². The van der Waals surface area contributed by atoms with Crippen molar-refractivity contribution in [3.8, 4) is 43.9 Å². The van der Waals surface area contributed by atoms with Gasteiger partial charge in [0.15, 0.2) is 0 Å². The van der Waals surface area contributed by atoms with E-state index >= 15 is 0 Å². The quantitative estimate of drug-likeness (QED) is 0.117. The van der Waals surface area contributed by atoms with Crippen LogP contribution < -0.4 is 20.7 Å². The molecule has 15 aromatic rings. The minimum absolute atomic E-state index is 0.419. The number of nitrogens with zero attached hydrogens (tertiary/aromatic N) is 2. The largest absolute Gasteiger partial charge is 0.457 e. The lowest BCUT2D eigenvalue weighted by atomic mass is 9.98. The number of furan rings is 2. The lowest BCUT2D eigenvalue weighted by molar-refractivity contribution is 0.480. The van der Waals surface area contributed by atoms with Crippen molar-refractivity contribution >= 4 is 121 Å². The van der Waals surface area contributed by atoms with Crippen LogP contribution in [0.5, 0.6) is 23.0 Å². The summed E-state index contributed by atoms with van der Waals surface area (Å²) < 4.78 is 37.4. The Bertz CT molecular complexity index is 4600. The molecule has 0 saturated heterocycles. The predicted molar refractivity (Wildman–Crippen MR) is 280 cm³/mol. The minimum atomic E-state index is -0.443. The summed E-state index contributed by atoms with van der Waals surface area (Å²) in [7, 11) is 0. The first-order valence-corrected chi connectivity index (χ1v) is 23.6. The molecule has 0 aliphatic heterocycles. The van der Waals surface area contributed by atoms with E-state index in [0.717, 1.165) is 108 Å². The van der Waals surface area contributed by atoms with Crippen LogP contribution in [0.4, 0.5) is 0 Å². The number of aromatic nitrogens is 2. The van der Waals surface area contributed by atoms with Crippen molar-refractivity contribution in [3.05, 3.63) is 203 Å². The second-order valence-corrected chi connectivity index (χ2v) is 18.5. The number of hydrogen-bond acceptors (Lipinski definition) is 11. The van der Waals surface area contributed by atoms with Crippen LogP contribution in [-0.4, -0.2) is 9.97 Å². The fourth-order valence-electron chi connectivity index (χ4n) is 10.1. The van der Waals surface area contributed by atoms with Gasteiger partial charge in [-0.3, -0.25) is 0 Å². The van der Waals surface area contributed by atoms with Crippen LogP contribution in [0.2, 0.25) is 0 Å². The van der Waals surface area contributed by atoms with Crippen molar-refractivity contribution in [2.75, 3.05) is 0 Å². The van der Waals surface area contributed by atoms with Gasteiger partial charge in [-0.25, -0.2) is 19.6 Å². The fourth-order valence-corrected chi connectivity index (χ4v) is 11.3. The van der Waals surface area contributed by atoms with Crippen molar-refractivity contribution in [1.29, 1.82) is 0 Å². The molecule has 10 nitrogen and oxygen atoms in total. The third-order valence-corrected chi connectivity index (χ3v) is 14.5. The molecule has 0 fully saturated rings. The number of ether oxygens (including phenoxy) is 2. The van der Waals surface area contributed by atoms with Crippen molar-refractivity contribution in [3.63, 3.8) is 0 Å². The lowest BCUT2D eigenvalue weighted by Crippen LogP contribution is -1.95. The van der Waals surface area contributed by atoms with Crippen LogP contribution in [0.15, 0.2) is 209 Å². The van der Waals surface area contributed by atoms with E-state index in [1.54, 1.807) is 35.6 Å². The topological polar surface area (TPSA) is 131 Å². The first-order valence-electron chi connectivity index (χ1n) is 22.8. The first-order chi connectivity index (χ1) is 34.9. The van der Waals surface area contributed by atoms with Gasteiger partial charge in [-0.15, -0.1) is 11.3 Å². The van der Waals surface area contributed by atoms with Crippen LogP contribution in [-0.2, 0) is 0 Å². The van der Waals surface area contributed by atoms with E-state index in [9.17, 15) is 9.59 Å². The standard InChI is InChI=1S/C60H30N2O8S/c63-51-25-17-31-15-19-35(29-49(31)67-51)65-33-21-23-39-45(27-33)46-28-34(66-36-20-16-32-18-26-52(64)68-50(32)30-36)22-24-40(46)54-53(39)61-55-56(62-54)60(44-12-6-10-42-38-8-2-4-14-48(38)70-58(42)44)71-59(55)43-11-5-9-41-37-7-1-3-13-47(37)69-57(41)43/h1-30H. The zero-order valence-corrected chi connectivity index (χ0v) is 37.7. The average Bonchev–Trinajstić information content (AvgIpc) is 4.10. The molecule has 0 aliphatic carbocycles. The molecule has 0 N–H and O–H groups in total. The van der Waals surface area contributed by atoms with Gasteiger partial charge in [-0.2, -0.15) is 0 Å². The van der Waals surface area contributed by atoms with Gasteiger partial charge in [0, 0.05) is 78.5 Å². The van der Waals surface area contributed by atoms with Gasteiger partial charge in [0.2, 0.25) is 0 Å². The summed E-state index contributed by atoms with van der Waals surface area (Å²) in [6, 6.07) is 57.6. The Kier molecular flexibility index (Phi) is 8.30. The second-order valence-electron chi connectivity index (χ2n) is 17.5. The minimum Gasteiger partial charge on any atom is -0.457 e. The maximum absolute atomic E-state index is 12.1. The Morgan fingerprint density at radius 2 is 0.761 bits per heavy atom. The average molecular weight is 939 g/mol. The number of benzene rings is 9. The molecule has 11 heteroatoms. The normalized spacial score (nSPS) is 12.1. The van der Waals surface area contributed by atoms with Crippen molar-refractivity contribution < 1.29 is 27.1 Å². The molecule has 0 aliphatic rings. The van der Waals surface area contributed by atoms with E-state index in [2.05, 4.69) is 48.5 Å². The van der Waals surface area contributed by atoms with Gasteiger partial charge in [0.05, 0.1) is 20.8 Å². The molecular weight excluding hydrogens is 909 g/mol. The molecule has 6 heterocycles. The Balaban J connectivity index is 0.999. The van der Waals surface area contributed by atoms with Gasteiger partial charge in [0.1, 0.15) is 67.5 Å². The molecule has 6 aromatic heterocycles. The summed E-state index contributed by atoms with van der Waals surface area (Å²) in [4.78, 5) is 37.4. The number of fused-ring (bicyclic) bond motifs is 15. The van der Waals surface area contributed by atoms with Gasteiger partial charge in [-0.05, 0) is 108 Å². The van der Waals surface area contributed by atoms with Crippen molar-refractivity contribution in [2.45, 2.75) is 0 Å². The van der Waals surface area contributed by atoms with Crippen molar-refractivity contribution in [2.24, 2.45) is 0 Å². The molecule has 15 rings (SSSR count). The molecule has 71 heavy (non-hydrogen) atoms. The maximum atomic E-state index is 12.1. The molecule has 0 spiro atoms. The molecule has 9 aromatic carbocycles. The van der Waals surface area contributed by atoms with E-state index in [1.807, 2.05) is 97.1 Å². The number of rotatable bonds is 6. The Hall–Kier alpha value is -9.58. The van der Waals surface area contributed by atoms with Gasteiger partial charge in [0.25, 0.3) is 0 Å². The van der Waals surface area contributed by atoms with Crippen LogP contribution in [0.25, 0.3) is 130 Å². The highest BCUT2D eigenvalue weighted by Crippen LogP contribution is 2.50. The molecule has 0 unspecified atom stereocenters. The predicted octanol–water partition coefficient (Wildman–Crippen LogP) is 16.1. The van der Waals surface area contributed by atoms with Gasteiger partial charge >= 0.3 is 11.3 Å². The maximum Gasteiger partial charge on any atom is 0.336 e. The monoisotopic (exact) mass is 938 g/mol. The van der Waals surface area contributed by atoms with Crippen LogP contribution in [0, 0.1) is 0 Å². The Morgan fingerprint density at radius 3 is 1.25 bits per heavy atom. The Morgan fingerprint density at radius 1 is 0.338 bits per heavy atom. The molecule has 0 radical (unpaired) electrons. The first kappa shape index (κ1) is 39.4. The summed E-state index contributed by atoms with van der Waals surface area (Å²) in [5.41, 5.74) is 7.76. The SMILES string of the molecule is O=c1ccc2ccc(Oc3ccc4c(c3)c3cc(Oc5ccc6ccc(=O)oc6c5)ccc3c3nc5c(-c6cccc7c6oc6ccccc67)sc(-c6cccc7c6oc6ccccc67)c5nc43)cc2o1. The highest BCUT2D eigenvalue weighted by atomic mass is 32.1. The smallest absolute Gasteiger partial charge is 0.336 e. The van der Waals surface area contributed by atoms with E-state index in [1.165, 1.54) is 12.1 Å². The highest BCUT2D eigenvalue weighted by molar-refractivity contribution is 7.21. The summed E-state index contributed by atoms with van der Waals surface area (Å²) >= 11 is 1.62. The lowest BCUT2D eigenvalue weighted by Gasteiger charge is -2.14. The zero-order valence-electron chi connectivity index (χ0n) is 36.9. The number of thiophene rings is 1. The van der Waals surface area contributed by atoms with Crippen LogP contribution in [0.3, 0.4) is 0 Å². The number of hydrogen-bond donors (Lipinski definition) is 0. The third-order valence-electron chi connectivity index (χ3n) is 13.3. The van der Waals surface area contributed by atoms with Gasteiger partial charge in [-0.1, -0.05) is 60.7 Å².